The molecule has 0 spiro atoms. The highest BCUT2D eigenvalue weighted by Crippen LogP contribution is 2.33. The van der Waals surface area contributed by atoms with Crippen LogP contribution in [0.5, 0.6) is 17.4 Å². The minimum atomic E-state index is -0.466. The van der Waals surface area contributed by atoms with E-state index in [0.717, 1.165) is 37.2 Å². The number of aromatic nitrogens is 2. The molecule has 10 heteroatoms. The van der Waals surface area contributed by atoms with E-state index in [-0.39, 0.29) is 23.7 Å². The van der Waals surface area contributed by atoms with Crippen LogP contribution in [-0.2, 0) is 13.0 Å². The smallest absolute Gasteiger partial charge is 0.273 e. The Morgan fingerprint density at radius 3 is 2.44 bits per heavy atom. The second-order valence-corrected chi connectivity index (χ2v) is 8.96. The lowest BCUT2D eigenvalue weighted by Crippen LogP contribution is -2.37. The lowest BCUT2D eigenvalue weighted by Gasteiger charge is -2.30. The van der Waals surface area contributed by atoms with Crippen LogP contribution in [0.1, 0.15) is 40.0 Å². The zero-order chi connectivity index (χ0) is 25.2. The van der Waals surface area contributed by atoms with E-state index in [1.165, 1.54) is 6.07 Å². The maximum atomic E-state index is 13.3. The molecule has 1 amide bonds. The average molecular weight is 490 g/mol. The molecule has 3 heterocycles. The van der Waals surface area contributed by atoms with Gasteiger partial charge < -0.3 is 19.3 Å². The molecule has 0 N–H and O–H groups in total. The number of benzene rings is 2. The van der Waals surface area contributed by atoms with Crippen LogP contribution in [0.4, 0.5) is 11.6 Å². The first-order chi connectivity index (χ1) is 17.4. The van der Waals surface area contributed by atoms with Gasteiger partial charge in [-0.15, -0.1) is 0 Å². The zero-order valence-corrected chi connectivity index (χ0v) is 20.3. The van der Waals surface area contributed by atoms with Crippen molar-refractivity contribution in [3.63, 3.8) is 0 Å². The van der Waals surface area contributed by atoms with Crippen LogP contribution < -0.4 is 14.4 Å². The molecule has 0 bridgehead atoms. The standard InChI is InChI=1S/C26H27N5O5/c1-17-5-6-18(15-23(17)31(33)34)25(32)30-14-11-22-21(16-30)24(28-26(27-22)29-12-3-4-13-29)36-20-9-7-19(35-2)8-10-20/h5-10,15H,3-4,11-14,16H2,1-2H3. The van der Waals surface area contributed by atoms with Gasteiger partial charge in [0.15, 0.2) is 0 Å². The van der Waals surface area contributed by atoms with Gasteiger partial charge in [0.2, 0.25) is 11.8 Å². The molecule has 2 aliphatic heterocycles. The summed E-state index contributed by atoms with van der Waals surface area (Å²) >= 11 is 0. The molecule has 0 aliphatic carbocycles. The van der Waals surface area contributed by atoms with Gasteiger partial charge in [0.05, 0.1) is 29.8 Å². The summed E-state index contributed by atoms with van der Waals surface area (Å²) in [6, 6.07) is 11.8. The van der Waals surface area contributed by atoms with E-state index in [9.17, 15) is 14.9 Å². The molecule has 186 valence electrons. The minimum Gasteiger partial charge on any atom is -0.497 e. The van der Waals surface area contributed by atoms with Crippen LogP contribution >= 0.6 is 0 Å². The Bertz CT molecular complexity index is 1300. The van der Waals surface area contributed by atoms with Gasteiger partial charge in [0.25, 0.3) is 11.6 Å². The molecule has 1 fully saturated rings. The van der Waals surface area contributed by atoms with Crippen LogP contribution in [0.15, 0.2) is 42.5 Å². The highest BCUT2D eigenvalue weighted by molar-refractivity contribution is 5.95. The number of fused-ring (bicyclic) bond motifs is 1. The molecule has 2 aromatic carbocycles. The van der Waals surface area contributed by atoms with Crippen molar-refractivity contribution in [2.45, 2.75) is 32.7 Å². The molecule has 0 atom stereocenters. The van der Waals surface area contributed by atoms with Gasteiger partial charge in [-0.3, -0.25) is 14.9 Å². The molecule has 2 aliphatic rings. The molecule has 10 nitrogen and oxygen atoms in total. The molecule has 1 aromatic heterocycles. The molecule has 36 heavy (non-hydrogen) atoms. The van der Waals surface area contributed by atoms with E-state index < -0.39 is 4.92 Å². The lowest BCUT2D eigenvalue weighted by atomic mass is 10.0. The highest BCUT2D eigenvalue weighted by atomic mass is 16.6. The van der Waals surface area contributed by atoms with Crippen molar-refractivity contribution in [2.75, 3.05) is 31.6 Å². The van der Waals surface area contributed by atoms with E-state index >= 15 is 0 Å². The van der Waals surface area contributed by atoms with Gasteiger partial charge in [-0.05, 0) is 50.1 Å². The molecule has 1 saturated heterocycles. The average Bonchev–Trinajstić information content (AvgIpc) is 3.44. The fourth-order valence-corrected chi connectivity index (χ4v) is 4.56. The Morgan fingerprint density at radius 2 is 1.75 bits per heavy atom. The molecular weight excluding hydrogens is 462 g/mol. The summed E-state index contributed by atoms with van der Waals surface area (Å²) in [5.74, 6) is 2.10. The third-order valence-electron chi connectivity index (χ3n) is 6.61. The van der Waals surface area contributed by atoms with Gasteiger partial charge in [0.1, 0.15) is 11.5 Å². The van der Waals surface area contributed by atoms with Crippen molar-refractivity contribution < 1.29 is 19.2 Å². The Balaban J connectivity index is 1.47. The van der Waals surface area contributed by atoms with Crippen molar-refractivity contribution in [1.29, 1.82) is 0 Å². The molecule has 3 aromatic rings. The van der Waals surface area contributed by atoms with Crippen molar-refractivity contribution in [3.05, 3.63) is 75.0 Å². The summed E-state index contributed by atoms with van der Waals surface area (Å²) in [5, 5.41) is 11.4. The molecule has 0 radical (unpaired) electrons. The normalized spacial score (nSPS) is 14.9. The number of methoxy groups -OCH3 is 1. The summed E-state index contributed by atoms with van der Waals surface area (Å²) in [6.45, 7) is 4.16. The van der Waals surface area contributed by atoms with Gasteiger partial charge >= 0.3 is 0 Å². The summed E-state index contributed by atoms with van der Waals surface area (Å²) in [4.78, 5) is 37.6. The third-order valence-corrected chi connectivity index (χ3v) is 6.61. The Hall–Kier alpha value is -4.21. The number of amides is 1. The van der Waals surface area contributed by atoms with Crippen molar-refractivity contribution in [2.24, 2.45) is 0 Å². The van der Waals surface area contributed by atoms with Crippen molar-refractivity contribution in [1.82, 2.24) is 14.9 Å². The fourth-order valence-electron chi connectivity index (χ4n) is 4.56. The van der Waals surface area contributed by atoms with Gasteiger partial charge in [-0.2, -0.15) is 4.98 Å². The molecule has 0 saturated carbocycles. The molecule has 5 rings (SSSR count). The van der Waals surface area contributed by atoms with Gasteiger partial charge in [-0.25, -0.2) is 4.98 Å². The quantitative estimate of drug-likeness (QED) is 0.372. The van der Waals surface area contributed by atoms with E-state index in [4.69, 9.17) is 19.4 Å². The first-order valence-corrected chi connectivity index (χ1v) is 11.9. The predicted molar refractivity (Wildman–Crippen MR) is 133 cm³/mol. The summed E-state index contributed by atoms with van der Waals surface area (Å²) in [7, 11) is 1.60. The maximum Gasteiger partial charge on any atom is 0.273 e. The monoisotopic (exact) mass is 489 g/mol. The summed E-state index contributed by atoms with van der Waals surface area (Å²) in [5.41, 5.74) is 2.33. The number of nitro groups is 1. The van der Waals surface area contributed by atoms with Crippen LogP contribution in [0.2, 0.25) is 0 Å². The van der Waals surface area contributed by atoms with E-state index in [2.05, 4.69) is 4.90 Å². The number of aryl methyl sites for hydroxylation is 1. The number of carbonyl (C=O) groups is 1. The van der Waals surface area contributed by atoms with E-state index in [1.807, 2.05) is 12.1 Å². The largest absolute Gasteiger partial charge is 0.497 e. The highest BCUT2D eigenvalue weighted by Gasteiger charge is 2.29. The number of hydrogen-bond acceptors (Lipinski definition) is 8. The van der Waals surface area contributed by atoms with Crippen molar-refractivity contribution in [3.8, 4) is 17.4 Å². The van der Waals surface area contributed by atoms with Crippen LogP contribution in [0.25, 0.3) is 0 Å². The lowest BCUT2D eigenvalue weighted by molar-refractivity contribution is -0.385. The topological polar surface area (TPSA) is 111 Å². The number of hydrogen-bond donors (Lipinski definition) is 0. The maximum absolute atomic E-state index is 13.3. The second-order valence-electron chi connectivity index (χ2n) is 8.96. The van der Waals surface area contributed by atoms with Gasteiger partial charge in [-0.1, -0.05) is 6.07 Å². The summed E-state index contributed by atoms with van der Waals surface area (Å²) in [6.07, 6.45) is 2.73. The Morgan fingerprint density at radius 1 is 1.03 bits per heavy atom. The first-order valence-electron chi connectivity index (χ1n) is 11.9. The van der Waals surface area contributed by atoms with Crippen LogP contribution in [0.3, 0.4) is 0 Å². The predicted octanol–water partition coefficient (Wildman–Crippen LogP) is 4.29. The van der Waals surface area contributed by atoms with Gasteiger partial charge in [0, 0.05) is 43.2 Å². The number of ether oxygens (including phenoxy) is 2. The minimum absolute atomic E-state index is 0.0691. The van der Waals surface area contributed by atoms with Crippen LogP contribution in [0, 0.1) is 17.0 Å². The summed E-state index contributed by atoms with van der Waals surface area (Å²) < 4.78 is 11.5. The Labute approximate surface area is 208 Å². The van der Waals surface area contributed by atoms with Crippen molar-refractivity contribution >= 4 is 17.5 Å². The van der Waals surface area contributed by atoms with E-state index in [1.54, 1.807) is 43.2 Å². The number of nitrogens with zero attached hydrogens (tertiary/aromatic N) is 5. The third kappa shape index (κ3) is 4.66. The second kappa shape index (κ2) is 9.80. The number of anilines is 1. The zero-order valence-electron chi connectivity index (χ0n) is 20.3. The molecule has 0 unspecified atom stereocenters. The fraction of sp³-hybridized carbons (Fsp3) is 0.346. The van der Waals surface area contributed by atoms with E-state index in [0.29, 0.717) is 41.9 Å². The van der Waals surface area contributed by atoms with Crippen LogP contribution in [-0.4, -0.2) is 52.4 Å². The number of rotatable bonds is 6. The first kappa shape index (κ1) is 23.5. The number of carbonyl (C=O) groups excluding carboxylic acids is 1. The Kier molecular flexibility index (Phi) is 6.41. The number of nitro benzene ring substituents is 1. The molecular formula is C26H27N5O5. The SMILES string of the molecule is COc1ccc(Oc2nc(N3CCCC3)nc3c2CN(C(=O)c2ccc(C)c([N+](=O)[O-])c2)CC3)cc1.